The van der Waals surface area contributed by atoms with Crippen LogP contribution in [0.4, 0.5) is 0 Å². The molecule has 2 rings (SSSR count). The van der Waals surface area contributed by atoms with Crippen LogP contribution in [0.3, 0.4) is 0 Å². The van der Waals surface area contributed by atoms with E-state index in [1.807, 2.05) is 13.0 Å². The summed E-state index contributed by atoms with van der Waals surface area (Å²) in [4.78, 5) is 18.6. The summed E-state index contributed by atoms with van der Waals surface area (Å²) in [7, 11) is 0. The second-order valence-electron chi connectivity index (χ2n) is 5.88. The van der Waals surface area contributed by atoms with Crippen molar-refractivity contribution in [2.75, 3.05) is 39.3 Å². The van der Waals surface area contributed by atoms with Gasteiger partial charge in [-0.1, -0.05) is 6.42 Å². The lowest BCUT2D eigenvalue weighted by Gasteiger charge is -2.26. The summed E-state index contributed by atoms with van der Waals surface area (Å²) in [6, 6.07) is 3.63. The maximum atomic E-state index is 11.8. The fourth-order valence-corrected chi connectivity index (χ4v) is 2.66. The van der Waals surface area contributed by atoms with Crippen LogP contribution in [0.1, 0.15) is 31.9 Å². The number of piperidine rings is 1. The topological polar surface area (TPSA) is 81.9 Å². The van der Waals surface area contributed by atoms with E-state index in [1.165, 1.54) is 32.4 Å². The van der Waals surface area contributed by atoms with Gasteiger partial charge in [-0.15, -0.1) is 0 Å². The van der Waals surface area contributed by atoms with Crippen LogP contribution < -0.4 is 16.0 Å². The van der Waals surface area contributed by atoms with Crippen molar-refractivity contribution in [1.82, 2.24) is 20.9 Å². The van der Waals surface area contributed by atoms with Crippen molar-refractivity contribution in [3.05, 3.63) is 24.2 Å². The average molecular weight is 335 g/mol. The molecule has 1 amide bonds. The molecule has 24 heavy (non-hydrogen) atoms. The molecule has 134 valence electrons. The molecule has 2 heterocycles. The van der Waals surface area contributed by atoms with Gasteiger partial charge in [0.1, 0.15) is 12.3 Å². The number of amides is 1. The fourth-order valence-electron chi connectivity index (χ4n) is 2.66. The zero-order valence-electron chi connectivity index (χ0n) is 14.5. The Bertz CT molecular complexity index is 495. The van der Waals surface area contributed by atoms with Gasteiger partial charge in [-0.2, -0.15) is 0 Å². The van der Waals surface area contributed by atoms with E-state index in [0.717, 1.165) is 25.4 Å². The first-order chi connectivity index (χ1) is 11.8. The Hall–Kier alpha value is -2.02. The Morgan fingerprint density at radius 1 is 1.25 bits per heavy atom. The molecule has 1 aromatic rings. The second-order valence-corrected chi connectivity index (χ2v) is 5.88. The molecule has 0 aliphatic carbocycles. The van der Waals surface area contributed by atoms with Crippen molar-refractivity contribution in [2.45, 2.75) is 32.7 Å². The number of carbonyl (C=O) groups is 1. The highest BCUT2D eigenvalue weighted by Gasteiger charge is 2.09. The molecule has 1 aromatic heterocycles. The molecule has 0 bridgehead atoms. The van der Waals surface area contributed by atoms with E-state index in [0.29, 0.717) is 12.5 Å². The van der Waals surface area contributed by atoms with Crippen molar-refractivity contribution >= 4 is 11.9 Å². The number of nitrogens with one attached hydrogen (secondary N) is 3. The number of hydrogen-bond donors (Lipinski definition) is 3. The Morgan fingerprint density at radius 2 is 2.08 bits per heavy atom. The lowest BCUT2D eigenvalue weighted by atomic mass is 10.1. The SMILES string of the molecule is CCNC(=NCC(=O)NCc1ccco1)NCCN1CCCCC1. The summed E-state index contributed by atoms with van der Waals surface area (Å²) in [6.45, 7) is 7.48. The normalized spacial score (nSPS) is 16.0. The Balaban J connectivity index is 1.67. The molecule has 0 radical (unpaired) electrons. The van der Waals surface area contributed by atoms with Gasteiger partial charge >= 0.3 is 0 Å². The van der Waals surface area contributed by atoms with E-state index in [4.69, 9.17) is 4.42 Å². The van der Waals surface area contributed by atoms with E-state index >= 15 is 0 Å². The lowest BCUT2D eigenvalue weighted by molar-refractivity contribution is -0.119. The maximum absolute atomic E-state index is 11.8. The van der Waals surface area contributed by atoms with Gasteiger partial charge in [0, 0.05) is 19.6 Å². The van der Waals surface area contributed by atoms with E-state index in [2.05, 4.69) is 25.8 Å². The molecular weight excluding hydrogens is 306 g/mol. The van der Waals surface area contributed by atoms with Crippen LogP contribution in [0.2, 0.25) is 0 Å². The van der Waals surface area contributed by atoms with Gasteiger partial charge in [0.05, 0.1) is 12.8 Å². The third-order valence-electron chi connectivity index (χ3n) is 3.93. The van der Waals surface area contributed by atoms with E-state index < -0.39 is 0 Å². The predicted octanol–water partition coefficient (Wildman–Crippen LogP) is 0.937. The molecule has 0 atom stereocenters. The van der Waals surface area contributed by atoms with E-state index in [9.17, 15) is 4.79 Å². The minimum atomic E-state index is -0.125. The molecular formula is C17H29N5O2. The van der Waals surface area contributed by atoms with Crippen molar-refractivity contribution in [3.63, 3.8) is 0 Å². The third kappa shape index (κ3) is 7.04. The first-order valence-corrected chi connectivity index (χ1v) is 8.81. The van der Waals surface area contributed by atoms with Crippen LogP contribution in [0, 0.1) is 0 Å². The van der Waals surface area contributed by atoms with Gasteiger partial charge in [-0.3, -0.25) is 4.79 Å². The van der Waals surface area contributed by atoms with Gasteiger partial charge in [0.25, 0.3) is 0 Å². The van der Waals surface area contributed by atoms with Crippen molar-refractivity contribution in [3.8, 4) is 0 Å². The standard InChI is InChI=1S/C17H29N5O2/c1-2-18-17(19-8-11-22-9-4-3-5-10-22)21-14-16(23)20-13-15-7-6-12-24-15/h6-7,12H,2-5,8-11,13-14H2,1H3,(H,20,23)(H2,18,19,21). The number of aliphatic imine (C=N–C) groups is 1. The molecule has 1 saturated heterocycles. The van der Waals surface area contributed by atoms with Crippen LogP contribution in [0.25, 0.3) is 0 Å². The summed E-state index contributed by atoms with van der Waals surface area (Å²) in [5, 5.41) is 9.25. The zero-order valence-corrected chi connectivity index (χ0v) is 14.5. The van der Waals surface area contributed by atoms with Crippen LogP contribution in [0.5, 0.6) is 0 Å². The zero-order chi connectivity index (χ0) is 17.0. The number of rotatable bonds is 8. The molecule has 1 aliphatic heterocycles. The smallest absolute Gasteiger partial charge is 0.242 e. The number of carbonyl (C=O) groups excluding carboxylic acids is 1. The largest absolute Gasteiger partial charge is 0.467 e. The number of furan rings is 1. The minimum Gasteiger partial charge on any atom is -0.467 e. The summed E-state index contributed by atoms with van der Waals surface area (Å²) < 4.78 is 5.18. The highest BCUT2D eigenvalue weighted by atomic mass is 16.3. The van der Waals surface area contributed by atoms with Crippen LogP contribution >= 0.6 is 0 Å². The van der Waals surface area contributed by atoms with Gasteiger partial charge < -0.3 is 25.3 Å². The summed E-state index contributed by atoms with van der Waals surface area (Å²) in [5.41, 5.74) is 0. The Morgan fingerprint density at radius 3 is 2.79 bits per heavy atom. The van der Waals surface area contributed by atoms with Crippen molar-refractivity contribution in [1.29, 1.82) is 0 Å². The molecule has 0 unspecified atom stereocenters. The fraction of sp³-hybridized carbons (Fsp3) is 0.647. The van der Waals surface area contributed by atoms with Gasteiger partial charge in [0.2, 0.25) is 5.91 Å². The maximum Gasteiger partial charge on any atom is 0.242 e. The molecule has 0 saturated carbocycles. The quantitative estimate of drug-likeness (QED) is 0.486. The first-order valence-electron chi connectivity index (χ1n) is 8.81. The molecule has 1 aliphatic rings. The minimum absolute atomic E-state index is 0.0970. The van der Waals surface area contributed by atoms with Crippen molar-refractivity contribution in [2.24, 2.45) is 4.99 Å². The molecule has 1 fully saturated rings. The highest BCUT2D eigenvalue weighted by Crippen LogP contribution is 2.07. The Kier molecular flexibility index (Phi) is 8.17. The van der Waals surface area contributed by atoms with Gasteiger partial charge in [-0.05, 0) is 45.0 Å². The highest BCUT2D eigenvalue weighted by molar-refractivity contribution is 5.84. The molecule has 7 heteroatoms. The second kappa shape index (κ2) is 10.7. The summed E-state index contributed by atoms with van der Waals surface area (Å²) in [5.74, 6) is 1.29. The number of hydrogen-bond acceptors (Lipinski definition) is 4. The summed E-state index contributed by atoms with van der Waals surface area (Å²) in [6.07, 6.45) is 5.53. The average Bonchev–Trinajstić information content (AvgIpc) is 3.12. The summed E-state index contributed by atoms with van der Waals surface area (Å²) >= 11 is 0. The number of guanidine groups is 1. The molecule has 3 N–H and O–H groups in total. The number of nitrogens with zero attached hydrogens (tertiary/aromatic N) is 2. The van der Waals surface area contributed by atoms with Crippen molar-refractivity contribution < 1.29 is 9.21 Å². The third-order valence-corrected chi connectivity index (χ3v) is 3.93. The van der Waals surface area contributed by atoms with Crippen LogP contribution in [0.15, 0.2) is 27.8 Å². The Labute approximate surface area is 143 Å². The van der Waals surface area contributed by atoms with Crippen LogP contribution in [-0.4, -0.2) is 56.0 Å². The van der Waals surface area contributed by atoms with E-state index in [1.54, 1.807) is 12.3 Å². The number of likely N-dealkylation sites (tertiary alicyclic amines) is 1. The van der Waals surface area contributed by atoms with Gasteiger partial charge in [0.15, 0.2) is 5.96 Å². The predicted molar refractivity (Wildman–Crippen MR) is 94.8 cm³/mol. The monoisotopic (exact) mass is 335 g/mol. The van der Waals surface area contributed by atoms with E-state index in [-0.39, 0.29) is 12.5 Å². The molecule has 0 spiro atoms. The molecule has 7 nitrogen and oxygen atoms in total. The van der Waals surface area contributed by atoms with Crippen LogP contribution in [-0.2, 0) is 11.3 Å². The van der Waals surface area contributed by atoms with Gasteiger partial charge in [-0.25, -0.2) is 4.99 Å². The lowest BCUT2D eigenvalue weighted by Crippen LogP contribution is -2.43. The molecule has 0 aromatic carbocycles. The first kappa shape index (κ1) is 18.3.